The van der Waals surface area contributed by atoms with Gasteiger partial charge in [0.05, 0.1) is 11.6 Å². The summed E-state index contributed by atoms with van der Waals surface area (Å²) in [6, 6.07) is 17.1. The van der Waals surface area contributed by atoms with Gasteiger partial charge < -0.3 is 15.4 Å². The van der Waals surface area contributed by atoms with Crippen molar-refractivity contribution in [2.75, 3.05) is 0 Å². The molecule has 34 heavy (non-hydrogen) atoms. The largest absolute Gasteiger partial charge is 0.388 e. The lowest BCUT2D eigenvalue weighted by atomic mass is 9.93. The highest BCUT2D eigenvalue weighted by atomic mass is 35.5. The van der Waals surface area contributed by atoms with Crippen molar-refractivity contribution in [1.29, 1.82) is 0 Å². The second kappa shape index (κ2) is 10.4. The van der Waals surface area contributed by atoms with Gasteiger partial charge in [0.1, 0.15) is 11.6 Å². The van der Waals surface area contributed by atoms with Crippen LogP contribution in [-0.2, 0) is 13.0 Å². The molecule has 7 heteroatoms. The molecular formula is C27H26Cl2F2N2O. The predicted molar refractivity (Wildman–Crippen MR) is 135 cm³/mol. The second-order valence-corrected chi connectivity index (χ2v) is 9.15. The van der Waals surface area contributed by atoms with Crippen molar-refractivity contribution in [3.8, 4) is 11.1 Å². The van der Waals surface area contributed by atoms with Crippen LogP contribution in [0, 0.1) is 11.6 Å². The zero-order valence-corrected chi connectivity index (χ0v) is 20.0. The van der Waals surface area contributed by atoms with Gasteiger partial charge in [-0.3, -0.25) is 0 Å². The van der Waals surface area contributed by atoms with E-state index in [1.54, 1.807) is 30.3 Å². The lowest BCUT2D eigenvalue weighted by Crippen LogP contribution is -2.35. The molecule has 0 fully saturated rings. The number of nitrogens with one attached hydrogen (secondary N) is 2. The fraction of sp³-hybridized carbons (Fsp3) is 0.259. The van der Waals surface area contributed by atoms with Crippen molar-refractivity contribution in [3.63, 3.8) is 0 Å². The third-order valence-corrected chi connectivity index (χ3v) is 6.81. The topological polar surface area (TPSA) is 48.0 Å². The highest BCUT2D eigenvalue weighted by Gasteiger charge is 2.25. The predicted octanol–water partition coefficient (Wildman–Crippen LogP) is 7.11. The maximum Gasteiger partial charge on any atom is 0.147 e. The van der Waals surface area contributed by atoms with Gasteiger partial charge >= 0.3 is 0 Å². The molecule has 3 aromatic carbocycles. The molecule has 0 spiro atoms. The number of fused-ring (bicyclic) bond motifs is 3. The molecular weight excluding hydrogens is 477 g/mol. The van der Waals surface area contributed by atoms with E-state index in [1.165, 1.54) is 18.2 Å². The van der Waals surface area contributed by atoms with Gasteiger partial charge in [-0.15, -0.1) is 12.4 Å². The highest BCUT2D eigenvalue weighted by molar-refractivity contribution is 6.30. The van der Waals surface area contributed by atoms with Crippen LogP contribution in [0.3, 0.4) is 0 Å². The molecule has 0 amide bonds. The van der Waals surface area contributed by atoms with E-state index in [4.69, 9.17) is 11.6 Å². The summed E-state index contributed by atoms with van der Waals surface area (Å²) in [6.07, 6.45) is 2.70. The molecule has 4 aromatic rings. The van der Waals surface area contributed by atoms with Crippen LogP contribution >= 0.6 is 24.0 Å². The second-order valence-electron chi connectivity index (χ2n) is 8.71. The minimum absolute atomic E-state index is 0. The van der Waals surface area contributed by atoms with Gasteiger partial charge in [0.25, 0.3) is 0 Å². The number of aliphatic hydroxyl groups excluding tert-OH is 1. The van der Waals surface area contributed by atoms with Crippen LogP contribution in [-0.4, -0.2) is 16.1 Å². The molecule has 5 rings (SSSR count). The normalized spacial score (nSPS) is 16.2. The van der Waals surface area contributed by atoms with Crippen LogP contribution in [0.5, 0.6) is 0 Å². The molecule has 2 unspecified atom stereocenters. The van der Waals surface area contributed by atoms with Crippen LogP contribution < -0.4 is 5.32 Å². The Morgan fingerprint density at radius 1 is 1.00 bits per heavy atom. The van der Waals surface area contributed by atoms with Gasteiger partial charge in [-0.05, 0) is 71.8 Å². The molecule has 0 saturated carbocycles. The molecule has 0 saturated heterocycles. The number of rotatable bonds is 6. The van der Waals surface area contributed by atoms with Gasteiger partial charge in [-0.1, -0.05) is 41.9 Å². The first-order valence-corrected chi connectivity index (χ1v) is 11.6. The Hall–Kier alpha value is -2.44. The van der Waals surface area contributed by atoms with Crippen molar-refractivity contribution >= 4 is 34.9 Å². The monoisotopic (exact) mass is 502 g/mol. The summed E-state index contributed by atoms with van der Waals surface area (Å²) in [5, 5.41) is 15.5. The van der Waals surface area contributed by atoms with E-state index in [-0.39, 0.29) is 30.1 Å². The maximum absolute atomic E-state index is 14.7. The van der Waals surface area contributed by atoms with E-state index in [2.05, 4.69) is 10.3 Å². The van der Waals surface area contributed by atoms with Gasteiger partial charge in [-0.2, -0.15) is 0 Å². The number of aromatic nitrogens is 1. The molecule has 1 aromatic heterocycles. The number of aromatic amines is 1. The number of aliphatic hydroxyl groups is 1. The number of hydrogen-bond donors (Lipinski definition) is 3. The summed E-state index contributed by atoms with van der Waals surface area (Å²) in [4.78, 5) is 3.32. The Labute approximate surface area is 208 Å². The van der Waals surface area contributed by atoms with Crippen LogP contribution in [0.2, 0.25) is 5.02 Å². The zero-order valence-electron chi connectivity index (χ0n) is 18.5. The van der Waals surface area contributed by atoms with Crippen molar-refractivity contribution in [2.24, 2.45) is 0 Å². The van der Waals surface area contributed by atoms with E-state index in [1.807, 2.05) is 12.1 Å². The third-order valence-electron chi connectivity index (χ3n) is 6.55. The van der Waals surface area contributed by atoms with Crippen molar-refractivity contribution < 1.29 is 13.9 Å². The number of H-pyrrole nitrogens is 1. The average molecular weight is 503 g/mol. The van der Waals surface area contributed by atoms with E-state index in [0.29, 0.717) is 23.5 Å². The summed E-state index contributed by atoms with van der Waals surface area (Å²) in [7, 11) is 0. The Morgan fingerprint density at radius 2 is 1.74 bits per heavy atom. The Balaban J connectivity index is 0.00000274. The van der Waals surface area contributed by atoms with Crippen molar-refractivity contribution in [3.05, 3.63) is 94.1 Å². The molecule has 2 heterocycles. The smallest absolute Gasteiger partial charge is 0.147 e. The summed E-state index contributed by atoms with van der Waals surface area (Å²) >= 11 is 5.92. The number of benzene rings is 3. The van der Waals surface area contributed by atoms with Gasteiger partial charge in [0.2, 0.25) is 0 Å². The van der Waals surface area contributed by atoms with Crippen LogP contribution in [0.1, 0.15) is 42.2 Å². The summed E-state index contributed by atoms with van der Waals surface area (Å²) in [5.41, 5.74) is 5.25. The number of hydrogen-bond acceptors (Lipinski definition) is 2. The SMILES string of the molecule is Cl.OC(CCCC1Cc2[nH]c3c(F)ccc(-c4ccc(F)cc4)c3c2CN1)c1ccc(Cl)cc1. The zero-order chi connectivity index (χ0) is 22.9. The Bertz CT molecular complexity index is 1270. The molecule has 1 aliphatic rings. The molecule has 3 N–H and O–H groups in total. The van der Waals surface area contributed by atoms with Crippen LogP contribution in [0.15, 0.2) is 60.7 Å². The molecule has 0 aliphatic carbocycles. The first-order chi connectivity index (χ1) is 16.0. The van der Waals surface area contributed by atoms with Crippen molar-refractivity contribution in [2.45, 2.75) is 44.4 Å². The molecule has 1 aliphatic heterocycles. The molecule has 178 valence electrons. The standard InChI is InChI=1S/C27H25ClF2N2O.ClH/c28-18-8-4-17(5-9-18)25(33)3-1-2-20-14-24-22(15-31-20)26-21(12-13-23(30)27(26)32-24)16-6-10-19(29)11-7-16;/h4-13,20,25,31-33H,1-3,14-15H2;1H. The Morgan fingerprint density at radius 3 is 2.47 bits per heavy atom. The van der Waals surface area contributed by atoms with E-state index in [9.17, 15) is 13.9 Å². The lowest BCUT2D eigenvalue weighted by molar-refractivity contribution is 0.162. The first-order valence-electron chi connectivity index (χ1n) is 11.2. The average Bonchev–Trinajstić information content (AvgIpc) is 3.20. The molecule has 0 radical (unpaired) electrons. The minimum Gasteiger partial charge on any atom is -0.388 e. The summed E-state index contributed by atoms with van der Waals surface area (Å²) < 4.78 is 28.1. The molecule has 3 nitrogen and oxygen atoms in total. The Kier molecular flexibility index (Phi) is 7.58. The van der Waals surface area contributed by atoms with Crippen LogP contribution in [0.25, 0.3) is 22.0 Å². The fourth-order valence-electron chi connectivity index (χ4n) is 4.81. The van der Waals surface area contributed by atoms with E-state index >= 15 is 0 Å². The third kappa shape index (κ3) is 4.98. The maximum atomic E-state index is 14.7. The quantitative estimate of drug-likeness (QED) is 0.263. The summed E-state index contributed by atoms with van der Waals surface area (Å²) in [5.74, 6) is -0.577. The van der Waals surface area contributed by atoms with Crippen LogP contribution in [0.4, 0.5) is 8.78 Å². The van der Waals surface area contributed by atoms with Gasteiger partial charge in [0.15, 0.2) is 0 Å². The van der Waals surface area contributed by atoms with Gasteiger partial charge in [-0.25, -0.2) is 8.78 Å². The highest BCUT2D eigenvalue weighted by Crippen LogP contribution is 2.36. The molecule has 2 atom stereocenters. The molecule has 0 bridgehead atoms. The van der Waals surface area contributed by atoms with E-state index < -0.39 is 6.10 Å². The minimum atomic E-state index is -0.512. The summed E-state index contributed by atoms with van der Waals surface area (Å²) in [6.45, 7) is 0.636. The number of halogens is 4. The fourth-order valence-corrected chi connectivity index (χ4v) is 4.93. The van der Waals surface area contributed by atoms with E-state index in [0.717, 1.165) is 52.6 Å². The lowest BCUT2D eigenvalue weighted by Gasteiger charge is -2.25. The van der Waals surface area contributed by atoms with Crippen molar-refractivity contribution in [1.82, 2.24) is 10.3 Å². The van der Waals surface area contributed by atoms with Gasteiger partial charge in [0, 0.05) is 35.1 Å². The first kappa shape index (κ1) is 24.7.